The molecule has 1 aromatic heterocycles. The molecule has 1 aliphatic rings. The minimum absolute atomic E-state index is 0.156. The molecule has 28 heavy (non-hydrogen) atoms. The Hall–Kier alpha value is -2.64. The van der Waals surface area contributed by atoms with E-state index in [0.717, 1.165) is 33.3 Å². The molecule has 2 aromatic carbocycles. The standard InChI is InChI=1S/C20H17FN2.CH4O3S/c1-20(2)11-16-15(7-5-8-17(16)21)19(23-20)14-10-13-6-3-4-9-18(13)22-12-14;1-5(2,3)4/h3-10,12H,11H2,1-2H3;1H3,(H,2,3,4). The fourth-order valence-corrected chi connectivity index (χ4v) is 3.22. The van der Waals surface area contributed by atoms with Gasteiger partial charge >= 0.3 is 0 Å². The lowest BCUT2D eigenvalue weighted by molar-refractivity contribution is 0.490. The third-order valence-corrected chi connectivity index (χ3v) is 4.26. The predicted octanol–water partition coefficient (Wildman–Crippen LogP) is 4.05. The molecule has 0 saturated heterocycles. The highest BCUT2D eigenvalue weighted by Crippen LogP contribution is 2.31. The first-order chi connectivity index (χ1) is 13.0. The van der Waals surface area contributed by atoms with Crippen LogP contribution in [0.3, 0.4) is 0 Å². The van der Waals surface area contributed by atoms with Gasteiger partial charge in [0, 0.05) is 29.1 Å². The third-order valence-electron chi connectivity index (χ3n) is 4.26. The van der Waals surface area contributed by atoms with Crippen LogP contribution in [0.2, 0.25) is 0 Å². The maximum absolute atomic E-state index is 14.3. The largest absolute Gasteiger partial charge is 0.286 e. The fraction of sp³-hybridized carbons (Fsp3) is 0.238. The summed E-state index contributed by atoms with van der Waals surface area (Å²) in [5, 5.41) is 1.06. The number of rotatable bonds is 1. The number of pyridine rings is 1. The molecule has 7 heteroatoms. The number of hydrogen-bond donors (Lipinski definition) is 1. The zero-order chi connectivity index (χ0) is 20.5. The Labute approximate surface area is 163 Å². The van der Waals surface area contributed by atoms with Crippen LogP contribution in [0, 0.1) is 5.82 Å². The predicted molar refractivity (Wildman–Crippen MR) is 109 cm³/mol. The monoisotopic (exact) mass is 400 g/mol. The quantitative estimate of drug-likeness (QED) is 0.625. The second-order valence-electron chi connectivity index (χ2n) is 7.37. The van der Waals surface area contributed by atoms with E-state index in [1.54, 1.807) is 6.07 Å². The van der Waals surface area contributed by atoms with E-state index in [4.69, 9.17) is 9.55 Å². The van der Waals surface area contributed by atoms with Crippen LogP contribution in [0.5, 0.6) is 0 Å². The van der Waals surface area contributed by atoms with Crippen LogP contribution >= 0.6 is 0 Å². The zero-order valence-electron chi connectivity index (χ0n) is 15.8. The van der Waals surface area contributed by atoms with Crippen molar-refractivity contribution in [2.75, 3.05) is 6.26 Å². The molecule has 0 fully saturated rings. The lowest BCUT2D eigenvalue weighted by atomic mass is 9.85. The summed E-state index contributed by atoms with van der Waals surface area (Å²) in [7, 11) is -3.67. The van der Waals surface area contributed by atoms with Gasteiger partial charge in [-0.3, -0.25) is 14.5 Å². The topological polar surface area (TPSA) is 79.6 Å². The van der Waals surface area contributed by atoms with Crippen molar-refractivity contribution in [3.05, 3.63) is 77.2 Å². The van der Waals surface area contributed by atoms with Crippen molar-refractivity contribution in [2.45, 2.75) is 25.8 Å². The van der Waals surface area contributed by atoms with Gasteiger partial charge in [0.25, 0.3) is 10.1 Å². The molecule has 5 nitrogen and oxygen atoms in total. The molecular weight excluding hydrogens is 379 g/mol. The summed E-state index contributed by atoms with van der Waals surface area (Å²) in [5.41, 5.74) is 4.01. The molecule has 0 aliphatic carbocycles. The molecule has 4 rings (SSSR count). The van der Waals surface area contributed by atoms with Crippen molar-refractivity contribution in [3.63, 3.8) is 0 Å². The molecule has 0 atom stereocenters. The average Bonchev–Trinajstić information content (AvgIpc) is 2.60. The second-order valence-corrected chi connectivity index (χ2v) is 8.83. The van der Waals surface area contributed by atoms with Crippen LogP contribution in [0.25, 0.3) is 10.9 Å². The Balaban J connectivity index is 0.000000403. The number of aromatic nitrogens is 1. The average molecular weight is 400 g/mol. The smallest absolute Gasteiger partial charge is 0.261 e. The van der Waals surface area contributed by atoms with Gasteiger partial charge in [-0.1, -0.05) is 30.3 Å². The van der Waals surface area contributed by atoms with Crippen molar-refractivity contribution >= 4 is 26.7 Å². The van der Waals surface area contributed by atoms with Crippen molar-refractivity contribution < 1.29 is 17.4 Å². The fourth-order valence-electron chi connectivity index (χ4n) is 3.22. The Kier molecular flexibility index (Phi) is 5.32. The molecule has 2 heterocycles. The molecule has 0 unspecified atom stereocenters. The molecule has 146 valence electrons. The van der Waals surface area contributed by atoms with Crippen molar-refractivity contribution in [3.8, 4) is 0 Å². The summed E-state index contributed by atoms with van der Waals surface area (Å²) >= 11 is 0. The summed E-state index contributed by atoms with van der Waals surface area (Å²) in [4.78, 5) is 9.41. The van der Waals surface area contributed by atoms with Gasteiger partial charge in [-0.05, 0) is 37.6 Å². The number of hydrogen-bond acceptors (Lipinski definition) is 4. The lowest BCUT2D eigenvalue weighted by Gasteiger charge is -2.29. The summed E-state index contributed by atoms with van der Waals surface area (Å²) in [5.74, 6) is -0.156. The summed E-state index contributed by atoms with van der Waals surface area (Å²) in [6, 6.07) is 15.3. The van der Waals surface area contributed by atoms with E-state index >= 15 is 0 Å². The van der Waals surface area contributed by atoms with Crippen LogP contribution in [0.15, 0.2) is 59.7 Å². The van der Waals surface area contributed by atoms with Crippen molar-refractivity contribution in [2.24, 2.45) is 4.99 Å². The van der Waals surface area contributed by atoms with E-state index in [1.165, 1.54) is 6.07 Å². The summed E-state index contributed by atoms with van der Waals surface area (Å²) < 4.78 is 40.2. The van der Waals surface area contributed by atoms with Gasteiger partial charge in [0.1, 0.15) is 5.82 Å². The Bertz CT molecular complexity index is 1160. The molecule has 3 aromatic rings. The number of aliphatic imine (C=N–C) groups is 1. The molecule has 0 saturated carbocycles. The number of fused-ring (bicyclic) bond motifs is 2. The minimum atomic E-state index is -3.67. The van der Waals surface area contributed by atoms with E-state index < -0.39 is 10.1 Å². The van der Waals surface area contributed by atoms with E-state index in [-0.39, 0.29) is 11.4 Å². The van der Waals surface area contributed by atoms with Crippen molar-refractivity contribution in [1.29, 1.82) is 0 Å². The van der Waals surface area contributed by atoms with Crippen LogP contribution in [-0.2, 0) is 16.5 Å². The first-order valence-corrected chi connectivity index (χ1v) is 10.5. The molecule has 0 amide bonds. The molecular formula is C21H21FN2O3S. The number of para-hydroxylation sites is 1. The van der Waals surface area contributed by atoms with Crippen LogP contribution in [0.1, 0.15) is 30.5 Å². The number of nitrogens with zero attached hydrogens (tertiary/aromatic N) is 2. The highest BCUT2D eigenvalue weighted by Gasteiger charge is 2.29. The van der Waals surface area contributed by atoms with Gasteiger partial charge in [-0.15, -0.1) is 0 Å². The maximum atomic E-state index is 14.3. The first-order valence-electron chi connectivity index (χ1n) is 8.69. The van der Waals surface area contributed by atoms with Crippen LogP contribution in [-0.4, -0.2) is 35.5 Å². The lowest BCUT2D eigenvalue weighted by Crippen LogP contribution is -2.30. The van der Waals surface area contributed by atoms with E-state index in [0.29, 0.717) is 12.7 Å². The van der Waals surface area contributed by atoms with Gasteiger partial charge in [-0.25, -0.2) is 4.39 Å². The molecule has 1 N–H and O–H groups in total. The van der Waals surface area contributed by atoms with Crippen molar-refractivity contribution in [1.82, 2.24) is 4.98 Å². The van der Waals surface area contributed by atoms with Gasteiger partial charge in [0.15, 0.2) is 0 Å². The zero-order valence-corrected chi connectivity index (χ0v) is 16.7. The van der Waals surface area contributed by atoms with Crippen LogP contribution in [0.4, 0.5) is 4.39 Å². The normalized spacial score (nSPS) is 15.2. The van der Waals surface area contributed by atoms with Gasteiger partial charge in [0.2, 0.25) is 0 Å². The first kappa shape index (κ1) is 20.1. The number of halogens is 1. The van der Waals surface area contributed by atoms with E-state index in [2.05, 4.69) is 11.1 Å². The van der Waals surface area contributed by atoms with Crippen LogP contribution < -0.4 is 0 Å². The highest BCUT2D eigenvalue weighted by molar-refractivity contribution is 7.85. The van der Waals surface area contributed by atoms with Gasteiger partial charge in [0.05, 0.1) is 23.0 Å². The minimum Gasteiger partial charge on any atom is -0.286 e. The summed E-state index contributed by atoms with van der Waals surface area (Å²) in [6.45, 7) is 4.08. The molecule has 0 bridgehead atoms. The molecule has 0 radical (unpaired) electrons. The Morgan fingerprint density at radius 2 is 1.79 bits per heavy atom. The number of benzene rings is 2. The molecule has 1 aliphatic heterocycles. The maximum Gasteiger partial charge on any atom is 0.261 e. The van der Waals surface area contributed by atoms with E-state index in [1.807, 2.05) is 50.4 Å². The Morgan fingerprint density at radius 1 is 1.11 bits per heavy atom. The molecule has 0 spiro atoms. The van der Waals surface area contributed by atoms with Gasteiger partial charge in [-0.2, -0.15) is 8.42 Å². The SMILES string of the molecule is CC1(C)Cc2c(F)cccc2C(c2cnc3ccccc3c2)=N1.CS(=O)(=O)O. The highest BCUT2D eigenvalue weighted by atomic mass is 32.2. The third kappa shape index (κ3) is 4.79. The van der Waals surface area contributed by atoms with E-state index in [9.17, 15) is 12.8 Å². The Morgan fingerprint density at radius 3 is 2.50 bits per heavy atom. The second kappa shape index (κ2) is 7.41. The van der Waals surface area contributed by atoms with Gasteiger partial charge < -0.3 is 0 Å². The summed E-state index contributed by atoms with van der Waals surface area (Å²) in [6.07, 6.45) is 3.16.